The molecule has 0 aromatic rings. The zero-order chi connectivity index (χ0) is 27.5. The Labute approximate surface area is 220 Å². The van der Waals surface area contributed by atoms with Crippen molar-refractivity contribution in [3.63, 3.8) is 0 Å². The fourth-order valence-corrected chi connectivity index (χ4v) is 3.20. The number of aliphatic hydroxyl groups excluding tert-OH is 1. The number of rotatable bonds is 16. The normalized spacial score (nSPS) is 16.5. The van der Waals surface area contributed by atoms with Crippen LogP contribution < -0.4 is 11.1 Å². The monoisotopic (exact) mass is 520 g/mol. The van der Waals surface area contributed by atoms with E-state index in [4.69, 9.17) is 22.1 Å². The van der Waals surface area contributed by atoms with Crippen LogP contribution in [0.4, 0.5) is 4.79 Å². The molecular weight excluding hydrogens is 480 g/mol. The highest BCUT2D eigenvalue weighted by Gasteiger charge is 2.23. The Morgan fingerprint density at radius 2 is 1.72 bits per heavy atom. The van der Waals surface area contributed by atoms with Crippen LogP contribution in [-0.2, 0) is 14.3 Å². The van der Waals surface area contributed by atoms with Gasteiger partial charge in [-0.05, 0) is 50.2 Å². The predicted molar refractivity (Wildman–Crippen MR) is 146 cm³/mol. The van der Waals surface area contributed by atoms with Crippen molar-refractivity contribution in [2.75, 3.05) is 7.05 Å². The molecule has 7 nitrogen and oxygen atoms in total. The first-order valence-corrected chi connectivity index (χ1v) is 12.5. The number of hydrogen-bond donors (Lipinski definition) is 3. The van der Waals surface area contributed by atoms with Gasteiger partial charge in [-0.1, -0.05) is 80.5 Å². The molecule has 0 aromatic carbocycles. The Hall–Kier alpha value is -2.90. The Morgan fingerprint density at radius 1 is 1.08 bits per heavy atom. The first-order valence-electron chi connectivity index (χ1n) is 12.1. The van der Waals surface area contributed by atoms with Crippen LogP contribution in [0.5, 0.6) is 0 Å². The van der Waals surface area contributed by atoms with E-state index in [2.05, 4.69) is 5.32 Å². The Bertz CT molecular complexity index is 886. The summed E-state index contributed by atoms with van der Waals surface area (Å²) in [6.07, 6.45) is 16.7. The second kappa shape index (κ2) is 19.3. The quantitative estimate of drug-likeness (QED) is 0.145. The van der Waals surface area contributed by atoms with Crippen molar-refractivity contribution in [2.45, 2.75) is 65.6 Å². The first-order chi connectivity index (χ1) is 17.0. The number of Topliss-reactive ketones (excluding diaryl/α,β-unsaturated/α-hetero) is 1. The van der Waals surface area contributed by atoms with Gasteiger partial charge in [0.25, 0.3) is 0 Å². The van der Waals surface area contributed by atoms with Crippen molar-refractivity contribution >= 4 is 29.4 Å². The van der Waals surface area contributed by atoms with Crippen molar-refractivity contribution in [1.29, 1.82) is 0 Å². The second-order valence-electron chi connectivity index (χ2n) is 8.55. The van der Waals surface area contributed by atoms with E-state index >= 15 is 0 Å². The highest BCUT2D eigenvalue weighted by molar-refractivity contribution is 6.29. The summed E-state index contributed by atoms with van der Waals surface area (Å²) in [6, 6.07) is 0. The van der Waals surface area contributed by atoms with Gasteiger partial charge >= 0.3 is 6.09 Å². The van der Waals surface area contributed by atoms with Gasteiger partial charge in [-0.25, -0.2) is 4.79 Å². The number of nitrogens with two attached hydrogens (primary N) is 1. The third-order valence-corrected chi connectivity index (χ3v) is 5.83. The SMILES string of the molecule is CC/C=C/[C@@H](OC(N)=O)[C@@H](C)CCC(=O)[C@@H](O)C[C@H](C)/C(Cl)=C/C=C/C=C(C)/C=C/C=C/C(=O)NC. The maximum absolute atomic E-state index is 12.4. The molecule has 0 spiro atoms. The minimum atomic E-state index is -1.13. The highest BCUT2D eigenvalue weighted by Crippen LogP contribution is 2.23. The number of ketones is 1. The van der Waals surface area contributed by atoms with Crippen LogP contribution in [0.25, 0.3) is 0 Å². The Balaban J connectivity index is 4.74. The molecule has 36 heavy (non-hydrogen) atoms. The van der Waals surface area contributed by atoms with Gasteiger partial charge in [-0.2, -0.15) is 0 Å². The zero-order valence-corrected chi connectivity index (χ0v) is 22.7. The summed E-state index contributed by atoms with van der Waals surface area (Å²) in [5.41, 5.74) is 6.12. The molecule has 0 aromatic heterocycles. The lowest BCUT2D eigenvalue weighted by molar-refractivity contribution is -0.128. The van der Waals surface area contributed by atoms with Crippen molar-refractivity contribution in [3.8, 4) is 0 Å². The van der Waals surface area contributed by atoms with Gasteiger partial charge in [0.05, 0.1) is 0 Å². The largest absolute Gasteiger partial charge is 0.442 e. The average Bonchev–Trinajstić information content (AvgIpc) is 2.84. The topological polar surface area (TPSA) is 119 Å². The number of aliphatic hydroxyl groups is 1. The number of carbonyl (C=O) groups is 3. The molecule has 8 heteroatoms. The van der Waals surface area contributed by atoms with E-state index in [-0.39, 0.29) is 36.4 Å². The van der Waals surface area contributed by atoms with Gasteiger partial charge in [-0.3, -0.25) is 9.59 Å². The van der Waals surface area contributed by atoms with E-state index in [1.807, 2.05) is 52.0 Å². The third-order valence-electron chi connectivity index (χ3n) is 5.33. The summed E-state index contributed by atoms with van der Waals surface area (Å²) in [6.45, 7) is 7.61. The molecular formula is C28H41ClN2O5. The maximum atomic E-state index is 12.4. The molecule has 4 N–H and O–H groups in total. The smallest absolute Gasteiger partial charge is 0.405 e. The molecule has 0 unspecified atom stereocenters. The lowest BCUT2D eigenvalue weighted by atomic mass is 9.93. The van der Waals surface area contributed by atoms with Crippen LogP contribution in [0.15, 0.2) is 71.4 Å². The van der Waals surface area contributed by atoms with E-state index in [1.165, 1.54) is 6.08 Å². The summed E-state index contributed by atoms with van der Waals surface area (Å²) in [5, 5.41) is 13.4. The number of ether oxygens (including phenoxy) is 1. The van der Waals surface area contributed by atoms with Gasteiger partial charge < -0.3 is 20.9 Å². The maximum Gasteiger partial charge on any atom is 0.405 e. The molecule has 0 saturated heterocycles. The van der Waals surface area contributed by atoms with Crippen LogP contribution in [0.1, 0.15) is 53.4 Å². The standard InChI is InChI=1S/C28H41ClN2O5/c1-6-7-15-26(36-28(30)35)21(3)17-18-24(32)25(33)19-22(4)23(29)14-10-8-12-20(2)13-9-11-16-27(34)31-5/h7-16,21-22,25-26,33H,6,17-19H2,1-5H3,(H2,30,35)(H,31,34)/b10-8+,13-9+,15-7+,16-11+,20-12+,23-14-/t21-,22-,25-,26+/m0/s1. The number of amides is 2. The van der Waals surface area contributed by atoms with Crippen LogP contribution in [0.3, 0.4) is 0 Å². The van der Waals surface area contributed by atoms with Crippen LogP contribution >= 0.6 is 11.6 Å². The number of allylic oxidation sites excluding steroid dienone is 10. The molecule has 4 atom stereocenters. The number of hydrogen-bond acceptors (Lipinski definition) is 5. The van der Waals surface area contributed by atoms with Gasteiger partial charge in [-0.15, -0.1) is 0 Å². The lowest BCUT2D eigenvalue weighted by Crippen LogP contribution is -2.28. The Morgan fingerprint density at radius 3 is 2.33 bits per heavy atom. The van der Waals surface area contributed by atoms with Crippen LogP contribution in [0.2, 0.25) is 0 Å². The average molecular weight is 521 g/mol. The molecule has 2 amide bonds. The summed E-state index contributed by atoms with van der Waals surface area (Å²) in [4.78, 5) is 34.7. The minimum absolute atomic E-state index is 0.124. The fraction of sp³-hybridized carbons (Fsp3) is 0.464. The molecule has 200 valence electrons. The molecule has 0 saturated carbocycles. The third kappa shape index (κ3) is 15.9. The number of primary amides is 1. The zero-order valence-electron chi connectivity index (χ0n) is 21.9. The predicted octanol–water partition coefficient (Wildman–Crippen LogP) is 5.27. The van der Waals surface area contributed by atoms with Gasteiger partial charge in [0.1, 0.15) is 12.2 Å². The summed E-state index contributed by atoms with van der Waals surface area (Å²) in [7, 11) is 1.57. The van der Waals surface area contributed by atoms with Gasteiger partial charge in [0, 0.05) is 24.6 Å². The fourth-order valence-electron chi connectivity index (χ4n) is 3.04. The molecule has 0 rings (SSSR count). The van der Waals surface area contributed by atoms with E-state index in [0.717, 1.165) is 12.0 Å². The van der Waals surface area contributed by atoms with Crippen molar-refractivity contribution in [1.82, 2.24) is 5.32 Å². The molecule has 0 bridgehead atoms. The van der Waals surface area contributed by atoms with Crippen molar-refractivity contribution in [2.24, 2.45) is 17.6 Å². The highest BCUT2D eigenvalue weighted by atomic mass is 35.5. The molecule has 0 aliphatic heterocycles. The molecule has 0 radical (unpaired) electrons. The summed E-state index contributed by atoms with van der Waals surface area (Å²) >= 11 is 6.35. The number of carbonyl (C=O) groups excluding carboxylic acids is 3. The summed E-state index contributed by atoms with van der Waals surface area (Å²) < 4.78 is 5.12. The van der Waals surface area contributed by atoms with Crippen molar-refractivity contribution < 1.29 is 24.2 Å². The van der Waals surface area contributed by atoms with Crippen molar-refractivity contribution in [3.05, 3.63) is 71.4 Å². The van der Waals surface area contributed by atoms with Gasteiger partial charge in [0.2, 0.25) is 5.91 Å². The minimum Gasteiger partial charge on any atom is -0.442 e. The van der Waals surface area contributed by atoms with Crippen LogP contribution in [-0.4, -0.2) is 42.1 Å². The van der Waals surface area contributed by atoms with Gasteiger partial charge in [0.15, 0.2) is 5.78 Å². The summed E-state index contributed by atoms with van der Waals surface area (Å²) in [5.74, 6) is -0.770. The molecule has 0 heterocycles. The lowest BCUT2D eigenvalue weighted by Gasteiger charge is -2.21. The number of halogens is 1. The van der Waals surface area contributed by atoms with E-state index in [1.54, 1.807) is 37.4 Å². The molecule has 0 fully saturated rings. The second-order valence-corrected chi connectivity index (χ2v) is 8.99. The van der Waals surface area contributed by atoms with E-state index < -0.39 is 18.3 Å². The number of likely N-dealkylation sites (N-methyl/N-ethyl adjacent to an activating group) is 1. The van der Waals surface area contributed by atoms with E-state index in [0.29, 0.717) is 11.5 Å². The number of nitrogens with one attached hydrogen (secondary N) is 1. The Kier molecular flexibility index (Phi) is 17.8. The molecule has 0 aliphatic rings. The molecule has 0 aliphatic carbocycles. The van der Waals surface area contributed by atoms with E-state index in [9.17, 15) is 19.5 Å². The first kappa shape index (κ1) is 33.1. The van der Waals surface area contributed by atoms with Crippen LogP contribution in [0, 0.1) is 11.8 Å².